The molecule has 0 N–H and O–H groups in total. The van der Waals surface area contributed by atoms with Crippen molar-refractivity contribution in [2.24, 2.45) is 5.41 Å². The second-order valence-corrected chi connectivity index (χ2v) is 6.86. The summed E-state index contributed by atoms with van der Waals surface area (Å²) in [5.41, 5.74) is 2.51. The second kappa shape index (κ2) is 5.98. The maximum atomic E-state index is 6.18. The Bertz CT molecular complexity index is 640. The van der Waals surface area contributed by atoms with Crippen LogP contribution in [0, 0.1) is 5.41 Å². The molecule has 2 heteroatoms. The molecule has 2 nitrogen and oxygen atoms in total. The molecule has 2 aromatic carbocycles. The fourth-order valence-corrected chi connectivity index (χ4v) is 2.77. The molecule has 0 aromatic heterocycles. The van der Waals surface area contributed by atoms with Crippen LogP contribution in [-0.4, -0.2) is 11.1 Å². The smallest absolute Gasteiger partial charge is 0.152 e. The highest BCUT2D eigenvalue weighted by Gasteiger charge is 2.36. The fraction of sp³-hybridized carbons (Fsp3) is 0.300. The van der Waals surface area contributed by atoms with Gasteiger partial charge in [0.1, 0.15) is 0 Å². The predicted octanol–water partition coefficient (Wildman–Crippen LogP) is 4.89. The molecule has 22 heavy (non-hydrogen) atoms. The second-order valence-electron chi connectivity index (χ2n) is 6.86. The van der Waals surface area contributed by atoms with Gasteiger partial charge in [0.25, 0.3) is 0 Å². The van der Waals surface area contributed by atoms with Crippen molar-refractivity contribution < 1.29 is 4.84 Å². The fourth-order valence-electron chi connectivity index (χ4n) is 2.77. The quantitative estimate of drug-likeness (QED) is 0.799. The van der Waals surface area contributed by atoms with Crippen molar-refractivity contribution in [1.29, 1.82) is 0 Å². The first-order valence-corrected chi connectivity index (χ1v) is 7.80. The largest absolute Gasteiger partial charge is 0.405 e. The van der Waals surface area contributed by atoms with Gasteiger partial charge in [-0.3, -0.25) is 0 Å². The molecule has 1 unspecified atom stereocenters. The van der Waals surface area contributed by atoms with Crippen LogP contribution < -0.4 is 0 Å². The molecule has 0 bridgehead atoms. The van der Waals surface area contributed by atoms with Crippen molar-refractivity contribution in [3.05, 3.63) is 77.9 Å². The van der Waals surface area contributed by atoms with Crippen molar-refractivity contribution in [3.8, 4) is 0 Å². The van der Waals surface area contributed by atoms with Crippen molar-refractivity contribution in [3.63, 3.8) is 0 Å². The molecule has 1 aliphatic heterocycles. The number of rotatable bonds is 3. The van der Waals surface area contributed by atoms with Crippen molar-refractivity contribution >= 4 is 5.76 Å². The van der Waals surface area contributed by atoms with Gasteiger partial charge in [0, 0.05) is 5.56 Å². The zero-order valence-electron chi connectivity index (χ0n) is 13.5. The van der Waals surface area contributed by atoms with Crippen LogP contribution in [0.15, 0.2) is 66.7 Å². The van der Waals surface area contributed by atoms with Gasteiger partial charge in [-0.15, -0.1) is 5.06 Å². The summed E-state index contributed by atoms with van der Waals surface area (Å²) < 4.78 is 0. The number of hydrogen-bond donors (Lipinski definition) is 0. The van der Waals surface area contributed by atoms with Crippen LogP contribution in [0.25, 0.3) is 5.76 Å². The van der Waals surface area contributed by atoms with E-state index < -0.39 is 0 Å². The van der Waals surface area contributed by atoms with E-state index in [-0.39, 0.29) is 11.5 Å². The van der Waals surface area contributed by atoms with E-state index in [9.17, 15) is 0 Å². The van der Waals surface area contributed by atoms with Gasteiger partial charge < -0.3 is 4.84 Å². The van der Waals surface area contributed by atoms with Crippen LogP contribution in [-0.2, 0) is 11.4 Å². The molecule has 0 saturated heterocycles. The zero-order valence-corrected chi connectivity index (χ0v) is 13.5. The third-order valence-electron chi connectivity index (χ3n) is 3.96. The Kier molecular flexibility index (Phi) is 4.04. The minimum Gasteiger partial charge on any atom is -0.405 e. The van der Waals surface area contributed by atoms with E-state index in [2.05, 4.69) is 68.3 Å². The van der Waals surface area contributed by atoms with Crippen LogP contribution in [0.2, 0.25) is 0 Å². The molecular weight excluding hydrogens is 270 g/mol. The molecule has 0 amide bonds. The van der Waals surface area contributed by atoms with Gasteiger partial charge in [-0.05, 0) is 17.1 Å². The lowest BCUT2D eigenvalue weighted by Crippen LogP contribution is -2.38. The zero-order chi connectivity index (χ0) is 15.6. The van der Waals surface area contributed by atoms with E-state index in [4.69, 9.17) is 4.84 Å². The maximum absolute atomic E-state index is 6.18. The molecule has 3 rings (SSSR count). The average Bonchev–Trinajstić information content (AvgIpc) is 2.93. The average molecular weight is 293 g/mol. The third kappa shape index (κ3) is 3.23. The summed E-state index contributed by atoms with van der Waals surface area (Å²) in [6.07, 6.45) is 2.25. The maximum Gasteiger partial charge on any atom is 0.152 e. The molecular formula is C20H23NO. The van der Waals surface area contributed by atoms with Crippen molar-refractivity contribution in [1.82, 2.24) is 5.06 Å². The Morgan fingerprint density at radius 3 is 2.09 bits per heavy atom. The van der Waals surface area contributed by atoms with Gasteiger partial charge in [-0.2, -0.15) is 0 Å². The van der Waals surface area contributed by atoms with Crippen LogP contribution >= 0.6 is 0 Å². The third-order valence-corrected chi connectivity index (χ3v) is 3.96. The summed E-state index contributed by atoms with van der Waals surface area (Å²) in [5, 5.41) is 2.09. The van der Waals surface area contributed by atoms with Crippen LogP contribution in [0.4, 0.5) is 0 Å². The highest BCUT2D eigenvalue weighted by atomic mass is 16.7. The van der Waals surface area contributed by atoms with E-state index in [0.717, 1.165) is 17.9 Å². The number of hydrogen-bond acceptors (Lipinski definition) is 2. The van der Waals surface area contributed by atoms with Gasteiger partial charge in [0.15, 0.2) is 5.76 Å². The van der Waals surface area contributed by atoms with Gasteiger partial charge in [0.2, 0.25) is 0 Å². The summed E-state index contributed by atoms with van der Waals surface area (Å²) in [4.78, 5) is 6.18. The van der Waals surface area contributed by atoms with Gasteiger partial charge in [0.05, 0.1) is 12.6 Å². The molecule has 0 saturated carbocycles. The first kappa shape index (κ1) is 14.9. The Balaban J connectivity index is 1.85. The van der Waals surface area contributed by atoms with Gasteiger partial charge >= 0.3 is 0 Å². The lowest BCUT2D eigenvalue weighted by atomic mass is 9.86. The van der Waals surface area contributed by atoms with Crippen molar-refractivity contribution in [2.75, 3.05) is 0 Å². The Morgan fingerprint density at radius 1 is 0.909 bits per heavy atom. The topological polar surface area (TPSA) is 12.5 Å². The summed E-state index contributed by atoms with van der Waals surface area (Å²) in [5.74, 6) is 0.955. The van der Waals surface area contributed by atoms with Crippen LogP contribution in [0.1, 0.15) is 31.9 Å². The number of nitrogens with zero attached hydrogens (tertiary/aromatic N) is 1. The Hall–Kier alpha value is -2.06. The monoisotopic (exact) mass is 293 g/mol. The normalized spacial score (nSPS) is 18.9. The van der Waals surface area contributed by atoms with Gasteiger partial charge in [-0.25, -0.2) is 0 Å². The first-order chi connectivity index (χ1) is 10.5. The molecule has 1 heterocycles. The van der Waals surface area contributed by atoms with E-state index in [1.165, 1.54) is 5.56 Å². The van der Waals surface area contributed by atoms with E-state index >= 15 is 0 Å². The first-order valence-electron chi connectivity index (χ1n) is 7.80. The Morgan fingerprint density at radius 2 is 1.50 bits per heavy atom. The summed E-state index contributed by atoms with van der Waals surface area (Å²) in [7, 11) is 0. The number of benzene rings is 2. The molecule has 0 spiro atoms. The van der Waals surface area contributed by atoms with Crippen molar-refractivity contribution in [2.45, 2.75) is 33.4 Å². The summed E-state index contributed by atoms with van der Waals surface area (Å²) in [6, 6.07) is 21.0. The van der Waals surface area contributed by atoms with E-state index in [1.807, 2.05) is 24.3 Å². The molecule has 2 aromatic rings. The van der Waals surface area contributed by atoms with Crippen LogP contribution in [0.3, 0.4) is 0 Å². The number of hydroxylamine groups is 2. The molecule has 0 radical (unpaired) electrons. The minimum absolute atomic E-state index is 0.116. The molecule has 0 fully saturated rings. The van der Waals surface area contributed by atoms with E-state index in [0.29, 0.717) is 0 Å². The lowest BCUT2D eigenvalue weighted by Gasteiger charge is -2.32. The van der Waals surface area contributed by atoms with Gasteiger partial charge in [-0.1, -0.05) is 81.4 Å². The molecule has 0 aliphatic carbocycles. The highest BCUT2D eigenvalue weighted by Crippen LogP contribution is 2.36. The highest BCUT2D eigenvalue weighted by molar-refractivity contribution is 5.61. The van der Waals surface area contributed by atoms with Crippen LogP contribution in [0.5, 0.6) is 0 Å². The van der Waals surface area contributed by atoms with E-state index in [1.54, 1.807) is 0 Å². The minimum atomic E-state index is 0.116. The summed E-state index contributed by atoms with van der Waals surface area (Å²) >= 11 is 0. The molecule has 114 valence electrons. The molecule has 1 aliphatic rings. The Labute approximate surface area is 133 Å². The summed E-state index contributed by atoms with van der Waals surface area (Å²) in [6.45, 7) is 7.55. The predicted molar refractivity (Wildman–Crippen MR) is 90.7 cm³/mol. The molecule has 1 atom stereocenters. The lowest BCUT2D eigenvalue weighted by molar-refractivity contribution is -0.123. The SMILES string of the molecule is CC(C)(C)C1C=C(c2ccccc2)ON1Cc1ccccc1. The standard InChI is InChI=1S/C20H23NO/c1-20(2,3)19-14-18(17-12-8-5-9-13-17)22-21(19)15-16-10-6-4-7-11-16/h4-14,19H,15H2,1-3H3.